The summed E-state index contributed by atoms with van der Waals surface area (Å²) in [6, 6.07) is 4.83. The Hall–Kier alpha value is -1.84. The molecule has 1 unspecified atom stereocenters. The molecule has 0 saturated heterocycles. The Kier molecular flexibility index (Phi) is 13.9. The van der Waals surface area contributed by atoms with Crippen LogP contribution >= 0.6 is 0 Å². The molecule has 1 aromatic carbocycles. The first-order valence-electron chi connectivity index (χ1n) is 12.4. The van der Waals surface area contributed by atoms with Crippen LogP contribution in [0.4, 0.5) is 0 Å². The maximum Gasteiger partial charge on any atom is 0.338 e. The van der Waals surface area contributed by atoms with E-state index in [1.165, 1.54) is 44.6 Å². The fourth-order valence-electron chi connectivity index (χ4n) is 4.10. The fraction of sp³-hybridized carbons (Fsp3) is 0.704. The van der Waals surface area contributed by atoms with Crippen molar-refractivity contribution in [3.05, 3.63) is 34.9 Å². The van der Waals surface area contributed by atoms with Gasteiger partial charge in [-0.2, -0.15) is 0 Å². The Morgan fingerprint density at radius 1 is 0.903 bits per heavy atom. The van der Waals surface area contributed by atoms with Crippen LogP contribution in [0.1, 0.15) is 125 Å². The molecule has 4 nitrogen and oxygen atoms in total. The minimum Gasteiger partial charge on any atom is -0.478 e. The van der Waals surface area contributed by atoms with Crippen molar-refractivity contribution in [2.75, 3.05) is 6.61 Å². The molecule has 0 heterocycles. The highest BCUT2D eigenvalue weighted by Crippen LogP contribution is 2.24. The number of carbonyl (C=O) groups excluding carboxylic acids is 1. The zero-order chi connectivity index (χ0) is 23.1. The van der Waals surface area contributed by atoms with Crippen molar-refractivity contribution in [2.45, 2.75) is 105 Å². The molecule has 0 saturated carbocycles. The highest BCUT2D eigenvalue weighted by molar-refractivity contribution is 5.94. The van der Waals surface area contributed by atoms with Crippen molar-refractivity contribution in [2.24, 2.45) is 11.8 Å². The largest absolute Gasteiger partial charge is 0.478 e. The summed E-state index contributed by atoms with van der Waals surface area (Å²) in [5, 5.41) is 9.41. The summed E-state index contributed by atoms with van der Waals surface area (Å²) >= 11 is 0. The number of aromatic carboxylic acids is 1. The van der Waals surface area contributed by atoms with E-state index in [2.05, 4.69) is 27.7 Å². The van der Waals surface area contributed by atoms with E-state index in [0.29, 0.717) is 18.1 Å². The first-order chi connectivity index (χ1) is 14.9. The van der Waals surface area contributed by atoms with Gasteiger partial charge < -0.3 is 9.84 Å². The third-order valence-electron chi connectivity index (χ3n) is 5.90. The van der Waals surface area contributed by atoms with E-state index in [9.17, 15) is 14.7 Å². The Labute approximate surface area is 189 Å². The first kappa shape index (κ1) is 27.2. The third kappa shape index (κ3) is 11.4. The van der Waals surface area contributed by atoms with E-state index in [-0.39, 0.29) is 11.5 Å². The molecule has 4 heteroatoms. The lowest BCUT2D eigenvalue weighted by molar-refractivity contribution is 0.0495. The van der Waals surface area contributed by atoms with Gasteiger partial charge in [-0.3, -0.25) is 0 Å². The van der Waals surface area contributed by atoms with Crippen molar-refractivity contribution < 1.29 is 19.4 Å². The van der Waals surface area contributed by atoms with Gasteiger partial charge >= 0.3 is 11.9 Å². The van der Waals surface area contributed by atoms with Crippen LogP contribution in [0.25, 0.3) is 0 Å². The molecular formula is C27H44O4. The van der Waals surface area contributed by atoms with Crippen LogP contribution in [0.15, 0.2) is 18.2 Å². The Balaban J connectivity index is 2.74. The lowest BCUT2D eigenvalue weighted by atomic mass is 9.87. The highest BCUT2D eigenvalue weighted by atomic mass is 16.5. The van der Waals surface area contributed by atoms with E-state index in [1.807, 2.05) is 0 Å². The topological polar surface area (TPSA) is 63.6 Å². The zero-order valence-corrected chi connectivity index (χ0v) is 20.3. The van der Waals surface area contributed by atoms with Gasteiger partial charge in [0.15, 0.2) is 0 Å². The summed E-state index contributed by atoms with van der Waals surface area (Å²) in [4.78, 5) is 24.2. The molecule has 31 heavy (non-hydrogen) atoms. The number of hydrogen-bond donors (Lipinski definition) is 1. The number of carbonyl (C=O) groups is 2. The van der Waals surface area contributed by atoms with Crippen LogP contribution in [0.5, 0.6) is 0 Å². The van der Waals surface area contributed by atoms with Gasteiger partial charge in [0.05, 0.1) is 17.7 Å². The zero-order valence-electron chi connectivity index (χ0n) is 20.3. The quantitative estimate of drug-likeness (QED) is 0.202. The van der Waals surface area contributed by atoms with Crippen LogP contribution < -0.4 is 0 Å². The molecule has 0 radical (unpaired) electrons. The molecule has 0 fully saturated rings. The van der Waals surface area contributed by atoms with E-state index < -0.39 is 5.97 Å². The molecule has 1 atom stereocenters. The second kappa shape index (κ2) is 15.9. The van der Waals surface area contributed by atoms with Crippen LogP contribution in [0, 0.1) is 11.8 Å². The van der Waals surface area contributed by atoms with E-state index >= 15 is 0 Å². The van der Waals surface area contributed by atoms with Gasteiger partial charge in [-0.1, -0.05) is 91.9 Å². The second-order valence-corrected chi connectivity index (χ2v) is 9.26. The SMILES string of the molecule is CCCCCC(CCC)Cc1cc(C(=O)O)ccc1C(=O)OCCCCCCC(C)C. The third-order valence-corrected chi connectivity index (χ3v) is 5.90. The monoisotopic (exact) mass is 432 g/mol. The molecule has 1 aromatic rings. The minimum absolute atomic E-state index is 0.237. The van der Waals surface area contributed by atoms with Gasteiger partial charge in [0.25, 0.3) is 0 Å². The summed E-state index contributed by atoms with van der Waals surface area (Å²) in [5.41, 5.74) is 1.58. The average Bonchev–Trinajstić information content (AvgIpc) is 2.72. The van der Waals surface area contributed by atoms with E-state index in [1.54, 1.807) is 12.1 Å². The van der Waals surface area contributed by atoms with Crippen LogP contribution in [0.3, 0.4) is 0 Å². The number of rotatable bonds is 17. The molecule has 1 rings (SSSR count). The van der Waals surface area contributed by atoms with E-state index in [4.69, 9.17) is 4.74 Å². The van der Waals surface area contributed by atoms with Gasteiger partial charge in [0, 0.05) is 0 Å². The predicted octanol–water partition coefficient (Wildman–Crippen LogP) is 7.69. The average molecular weight is 433 g/mol. The molecule has 0 aliphatic carbocycles. The van der Waals surface area contributed by atoms with Gasteiger partial charge in [-0.25, -0.2) is 9.59 Å². The Morgan fingerprint density at radius 3 is 2.26 bits per heavy atom. The number of esters is 1. The molecule has 0 aliphatic rings. The second-order valence-electron chi connectivity index (χ2n) is 9.26. The van der Waals surface area contributed by atoms with Crippen LogP contribution in [0.2, 0.25) is 0 Å². The number of unbranched alkanes of at least 4 members (excludes halogenated alkanes) is 5. The van der Waals surface area contributed by atoms with Crippen LogP contribution in [-0.2, 0) is 11.2 Å². The number of hydrogen-bond acceptors (Lipinski definition) is 3. The maximum atomic E-state index is 12.8. The van der Waals surface area contributed by atoms with Gasteiger partial charge in [0.1, 0.15) is 0 Å². The Morgan fingerprint density at radius 2 is 1.61 bits per heavy atom. The van der Waals surface area contributed by atoms with Gasteiger partial charge in [0.2, 0.25) is 0 Å². The highest BCUT2D eigenvalue weighted by Gasteiger charge is 2.19. The predicted molar refractivity (Wildman–Crippen MR) is 128 cm³/mol. The first-order valence-corrected chi connectivity index (χ1v) is 12.4. The smallest absolute Gasteiger partial charge is 0.338 e. The van der Waals surface area contributed by atoms with Crippen molar-refractivity contribution in [1.29, 1.82) is 0 Å². The maximum absolute atomic E-state index is 12.8. The lowest BCUT2D eigenvalue weighted by Gasteiger charge is -2.18. The van der Waals surface area contributed by atoms with Crippen molar-refractivity contribution in [3.63, 3.8) is 0 Å². The van der Waals surface area contributed by atoms with E-state index in [0.717, 1.165) is 50.0 Å². The van der Waals surface area contributed by atoms with Gasteiger partial charge in [-0.05, 0) is 48.4 Å². The van der Waals surface area contributed by atoms with Crippen molar-refractivity contribution in [1.82, 2.24) is 0 Å². The fourth-order valence-corrected chi connectivity index (χ4v) is 4.10. The molecule has 176 valence electrons. The minimum atomic E-state index is -0.958. The molecule has 1 N–H and O–H groups in total. The summed E-state index contributed by atoms with van der Waals surface area (Å²) in [5.74, 6) is -0.0739. The van der Waals surface area contributed by atoms with Crippen molar-refractivity contribution >= 4 is 11.9 Å². The summed E-state index contributed by atoms with van der Waals surface area (Å²) < 4.78 is 5.55. The Bertz CT molecular complexity index is 651. The molecular weight excluding hydrogens is 388 g/mol. The molecule has 0 aromatic heterocycles. The molecule has 0 amide bonds. The van der Waals surface area contributed by atoms with Gasteiger partial charge in [-0.15, -0.1) is 0 Å². The number of benzene rings is 1. The van der Waals surface area contributed by atoms with Crippen LogP contribution in [-0.4, -0.2) is 23.7 Å². The number of carboxylic acid groups (broad SMARTS) is 1. The molecule has 0 spiro atoms. The summed E-state index contributed by atoms with van der Waals surface area (Å²) in [6.07, 6.45) is 13.2. The molecule has 0 bridgehead atoms. The normalized spacial score (nSPS) is 12.2. The number of ether oxygens (including phenoxy) is 1. The summed E-state index contributed by atoms with van der Waals surface area (Å²) in [7, 11) is 0. The standard InChI is InChI=1S/C27H44O4/c1-5-7-10-15-22(13-6-2)19-24-20-23(26(28)29)16-17-25(24)27(30)31-18-12-9-8-11-14-21(3)4/h16-17,20-22H,5-15,18-19H2,1-4H3,(H,28,29). The number of carboxylic acids is 1. The lowest BCUT2D eigenvalue weighted by Crippen LogP contribution is -2.14. The van der Waals surface area contributed by atoms with Crippen molar-refractivity contribution in [3.8, 4) is 0 Å². The summed E-state index contributed by atoms with van der Waals surface area (Å²) in [6.45, 7) is 9.28. The molecule has 0 aliphatic heterocycles.